The van der Waals surface area contributed by atoms with Crippen LogP contribution >= 0.6 is 11.6 Å². The molecule has 0 bridgehead atoms. The topological polar surface area (TPSA) is 150 Å². The van der Waals surface area contributed by atoms with Crippen LogP contribution in [-0.4, -0.2) is 81.5 Å². The standard InChI is InChI=1S/C29H39ClF3N7O4S/c1-20(17-44-14-11-37-45(41,42)29(31,32)33)38-21-5-7-22(8-6-21)39-27-15-23(24(30)16-35-27)25-3-2-4-26(40-25)36-19-28(18-34)9-12-43-13-10-28/h2-4,15-16,20-22,37-38H,5-14,17,19H2,1H3,(H,35,39)(H,36,40)/t20-,21?,22?/m1/s1. The molecule has 0 radical (unpaired) electrons. The van der Waals surface area contributed by atoms with Gasteiger partial charge in [-0.1, -0.05) is 17.7 Å². The predicted octanol–water partition coefficient (Wildman–Crippen LogP) is 4.69. The van der Waals surface area contributed by atoms with E-state index in [1.54, 1.807) is 6.20 Å². The second-order valence-corrected chi connectivity index (χ2v) is 13.7. The lowest BCUT2D eigenvalue weighted by Crippen LogP contribution is -2.43. The normalized spacial score (nSPS) is 21.1. The zero-order chi connectivity index (χ0) is 32.5. The van der Waals surface area contributed by atoms with Gasteiger partial charge in [0.05, 0.1) is 35.4 Å². The Hall–Kier alpha value is -2.74. The molecular formula is C29H39ClF3N7O4S. The number of aromatic nitrogens is 2. The van der Waals surface area contributed by atoms with Gasteiger partial charge in [0.1, 0.15) is 11.6 Å². The third kappa shape index (κ3) is 10.1. The first-order valence-electron chi connectivity index (χ1n) is 14.9. The van der Waals surface area contributed by atoms with Crippen molar-refractivity contribution in [3.8, 4) is 17.3 Å². The van der Waals surface area contributed by atoms with E-state index in [2.05, 4.69) is 27.0 Å². The minimum atomic E-state index is -5.36. The summed E-state index contributed by atoms with van der Waals surface area (Å²) in [6, 6.07) is 10.4. The van der Waals surface area contributed by atoms with Gasteiger partial charge < -0.3 is 25.4 Å². The number of nitrogens with zero attached hydrogens (tertiary/aromatic N) is 3. The van der Waals surface area contributed by atoms with Crippen molar-refractivity contribution in [3.05, 3.63) is 35.5 Å². The summed E-state index contributed by atoms with van der Waals surface area (Å²) in [5.41, 5.74) is -4.38. The maximum Gasteiger partial charge on any atom is 0.511 e. The fourth-order valence-corrected chi connectivity index (χ4v) is 6.12. The van der Waals surface area contributed by atoms with E-state index in [-0.39, 0.29) is 31.3 Å². The number of pyridine rings is 2. The van der Waals surface area contributed by atoms with Gasteiger partial charge >= 0.3 is 15.5 Å². The highest BCUT2D eigenvalue weighted by Gasteiger charge is 2.45. The molecule has 4 rings (SSSR count). The molecule has 2 aliphatic rings. The third-order valence-corrected chi connectivity index (χ3v) is 9.48. The second-order valence-electron chi connectivity index (χ2n) is 11.5. The molecule has 1 saturated heterocycles. The number of anilines is 2. The lowest BCUT2D eigenvalue weighted by atomic mass is 9.82. The van der Waals surface area contributed by atoms with Gasteiger partial charge in [-0.2, -0.15) is 18.4 Å². The molecule has 3 heterocycles. The largest absolute Gasteiger partial charge is 0.511 e. The molecule has 248 valence electrons. The van der Waals surface area contributed by atoms with Gasteiger partial charge in [-0.25, -0.2) is 23.1 Å². The number of sulfonamides is 1. The van der Waals surface area contributed by atoms with Gasteiger partial charge in [0.25, 0.3) is 0 Å². The summed E-state index contributed by atoms with van der Waals surface area (Å²) >= 11 is 6.53. The number of hydrogen-bond acceptors (Lipinski definition) is 10. The molecule has 0 aromatic carbocycles. The van der Waals surface area contributed by atoms with Crippen LogP contribution in [0.15, 0.2) is 30.5 Å². The molecule has 1 aliphatic heterocycles. The van der Waals surface area contributed by atoms with Gasteiger partial charge in [-0.15, -0.1) is 0 Å². The molecule has 2 fully saturated rings. The van der Waals surface area contributed by atoms with Crippen LogP contribution in [0.4, 0.5) is 24.8 Å². The first kappa shape index (κ1) is 35.1. The first-order chi connectivity index (χ1) is 21.4. The van der Waals surface area contributed by atoms with Crippen molar-refractivity contribution in [2.75, 3.05) is 50.2 Å². The summed E-state index contributed by atoms with van der Waals surface area (Å²) in [7, 11) is -5.36. The molecular weight excluding hydrogens is 635 g/mol. The van der Waals surface area contributed by atoms with E-state index in [1.165, 1.54) is 4.72 Å². The van der Waals surface area contributed by atoms with E-state index >= 15 is 0 Å². The van der Waals surface area contributed by atoms with Gasteiger partial charge in [-0.3, -0.25) is 0 Å². The minimum Gasteiger partial charge on any atom is -0.381 e. The Morgan fingerprint density at radius 3 is 2.58 bits per heavy atom. The number of nitrogens with one attached hydrogen (secondary N) is 4. The summed E-state index contributed by atoms with van der Waals surface area (Å²) in [6.07, 6.45) is 6.56. The summed E-state index contributed by atoms with van der Waals surface area (Å²) in [6.45, 7) is 3.17. The lowest BCUT2D eigenvalue weighted by molar-refractivity contribution is -0.0449. The Labute approximate surface area is 266 Å². The fraction of sp³-hybridized carbons (Fsp3) is 0.621. The van der Waals surface area contributed by atoms with Crippen LogP contribution in [0.5, 0.6) is 0 Å². The molecule has 2 aromatic rings. The van der Waals surface area contributed by atoms with E-state index in [9.17, 15) is 26.9 Å². The molecule has 1 aliphatic carbocycles. The third-order valence-electron chi connectivity index (χ3n) is 7.99. The molecule has 0 amide bonds. The highest BCUT2D eigenvalue weighted by atomic mass is 35.5. The minimum absolute atomic E-state index is 0.0564. The Morgan fingerprint density at radius 2 is 1.89 bits per heavy atom. The van der Waals surface area contributed by atoms with Crippen molar-refractivity contribution in [1.29, 1.82) is 5.26 Å². The smallest absolute Gasteiger partial charge is 0.381 e. The molecule has 0 unspecified atom stereocenters. The molecule has 1 atom stereocenters. The van der Waals surface area contributed by atoms with E-state index in [0.29, 0.717) is 55.0 Å². The fourth-order valence-electron chi connectivity index (χ4n) is 5.40. The maximum atomic E-state index is 12.4. The molecule has 0 spiro atoms. The van der Waals surface area contributed by atoms with Crippen molar-refractivity contribution < 1.29 is 31.1 Å². The van der Waals surface area contributed by atoms with Crippen LogP contribution in [0.25, 0.3) is 11.3 Å². The first-order valence-corrected chi connectivity index (χ1v) is 16.8. The van der Waals surface area contributed by atoms with E-state index in [1.807, 2.05) is 31.2 Å². The van der Waals surface area contributed by atoms with Crippen molar-refractivity contribution >= 4 is 33.3 Å². The molecule has 1 saturated carbocycles. The summed E-state index contributed by atoms with van der Waals surface area (Å²) in [5, 5.41) is 20.5. The predicted molar refractivity (Wildman–Crippen MR) is 165 cm³/mol. The number of halogens is 4. The van der Waals surface area contributed by atoms with Crippen LogP contribution in [0.3, 0.4) is 0 Å². The SMILES string of the molecule is C[C@H](COCCNS(=O)(=O)C(F)(F)F)NC1CCC(Nc2cc(-c3cccc(NCC4(C#N)CCOCC4)n3)c(Cl)cn2)CC1. The van der Waals surface area contributed by atoms with Crippen molar-refractivity contribution in [2.24, 2.45) is 5.41 Å². The van der Waals surface area contributed by atoms with E-state index in [0.717, 1.165) is 31.2 Å². The molecule has 16 heteroatoms. The highest BCUT2D eigenvalue weighted by Crippen LogP contribution is 2.32. The van der Waals surface area contributed by atoms with Gasteiger partial charge in [0.2, 0.25) is 0 Å². The van der Waals surface area contributed by atoms with Gasteiger partial charge in [-0.05, 0) is 63.6 Å². The van der Waals surface area contributed by atoms with Crippen LogP contribution in [0, 0.1) is 16.7 Å². The average molecular weight is 674 g/mol. The van der Waals surface area contributed by atoms with Crippen LogP contribution < -0.4 is 20.7 Å². The highest BCUT2D eigenvalue weighted by molar-refractivity contribution is 7.90. The average Bonchev–Trinajstić information content (AvgIpc) is 3.02. The Bertz CT molecular complexity index is 1410. The second kappa shape index (κ2) is 15.7. The van der Waals surface area contributed by atoms with Gasteiger partial charge in [0, 0.05) is 56.2 Å². The molecule has 45 heavy (non-hydrogen) atoms. The number of alkyl halides is 3. The summed E-state index contributed by atoms with van der Waals surface area (Å²) in [4.78, 5) is 9.22. The number of ether oxygens (including phenoxy) is 2. The Morgan fingerprint density at radius 1 is 1.18 bits per heavy atom. The number of nitriles is 1. The molecule has 11 nitrogen and oxygen atoms in total. The molecule has 4 N–H and O–H groups in total. The van der Waals surface area contributed by atoms with Gasteiger partial charge in [0.15, 0.2) is 0 Å². The van der Waals surface area contributed by atoms with E-state index in [4.69, 9.17) is 26.1 Å². The summed E-state index contributed by atoms with van der Waals surface area (Å²) in [5.74, 6) is 1.35. The van der Waals surface area contributed by atoms with Crippen molar-refractivity contribution in [2.45, 2.75) is 69.1 Å². The zero-order valence-corrected chi connectivity index (χ0v) is 26.6. The Balaban J connectivity index is 1.22. The molecule has 2 aromatic heterocycles. The van der Waals surface area contributed by atoms with Crippen molar-refractivity contribution in [1.82, 2.24) is 20.0 Å². The quantitative estimate of drug-likeness (QED) is 0.208. The lowest BCUT2D eigenvalue weighted by Gasteiger charge is -2.32. The van der Waals surface area contributed by atoms with Crippen LogP contribution in [0.1, 0.15) is 45.4 Å². The zero-order valence-electron chi connectivity index (χ0n) is 25.0. The monoisotopic (exact) mass is 673 g/mol. The number of hydrogen-bond donors (Lipinski definition) is 4. The van der Waals surface area contributed by atoms with Crippen molar-refractivity contribution in [3.63, 3.8) is 0 Å². The maximum absolute atomic E-state index is 12.4. The van der Waals surface area contributed by atoms with Crippen LogP contribution in [0.2, 0.25) is 5.02 Å². The number of rotatable bonds is 14. The van der Waals surface area contributed by atoms with Crippen LogP contribution in [-0.2, 0) is 19.5 Å². The van der Waals surface area contributed by atoms with E-state index < -0.39 is 27.5 Å². The summed E-state index contributed by atoms with van der Waals surface area (Å²) < 4.78 is 71.4. The Kier molecular flexibility index (Phi) is 12.3.